The van der Waals surface area contributed by atoms with E-state index in [0.717, 1.165) is 16.3 Å². The number of benzene rings is 1. The van der Waals surface area contributed by atoms with Crippen LogP contribution in [0.2, 0.25) is 5.02 Å². The van der Waals surface area contributed by atoms with Crippen LogP contribution in [0.15, 0.2) is 24.3 Å². The molecule has 0 radical (unpaired) electrons. The normalized spacial score (nSPS) is 12.0. The van der Waals surface area contributed by atoms with Crippen molar-refractivity contribution in [2.75, 3.05) is 29.4 Å². The Morgan fingerprint density at radius 1 is 1.26 bits per heavy atom. The number of sulfonamides is 1. The summed E-state index contributed by atoms with van der Waals surface area (Å²) in [6.07, 6.45) is 1.07. The van der Waals surface area contributed by atoms with Crippen LogP contribution in [0, 0.1) is 0 Å². The second-order valence-electron chi connectivity index (χ2n) is 6.06. The van der Waals surface area contributed by atoms with E-state index in [2.05, 4.69) is 26.1 Å². The Kier molecular flexibility index (Phi) is 7.23. The van der Waals surface area contributed by atoms with Crippen LogP contribution in [0.4, 0.5) is 5.69 Å². The monoisotopic (exact) mass is 378 g/mol. The number of anilines is 1. The molecule has 1 N–H and O–H groups in total. The van der Waals surface area contributed by atoms with Crippen LogP contribution in [0.5, 0.6) is 0 Å². The first kappa shape index (κ1) is 20.1. The molecule has 0 unspecified atom stereocenters. The number of carbonyl (C=O) groups excluding carboxylic acids is 1. The zero-order valence-electron chi connectivity index (χ0n) is 13.8. The maximum Gasteiger partial charge on any atom is 0.240 e. The van der Waals surface area contributed by atoms with Crippen LogP contribution in [-0.2, 0) is 14.8 Å². The minimum absolute atomic E-state index is 0.132. The zero-order chi connectivity index (χ0) is 17.7. The third kappa shape index (κ3) is 7.94. The van der Waals surface area contributed by atoms with E-state index in [4.69, 9.17) is 11.6 Å². The number of hydrogen-bond acceptors (Lipinski definition) is 4. The minimum Gasteiger partial charge on any atom is -0.354 e. The van der Waals surface area contributed by atoms with Gasteiger partial charge in [0.05, 0.1) is 11.9 Å². The van der Waals surface area contributed by atoms with Gasteiger partial charge in [-0.1, -0.05) is 32.4 Å². The Morgan fingerprint density at radius 3 is 2.30 bits per heavy atom. The lowest BCUT2D eigenvalue weighted by atomic mass is 10.3. The van der Waals surface area contributed by atoms with Gasteiger partial charge in [0.15, 0.2) is 0 Å². The van der Waals surface area contributed by atoms with Gasteiger partial charge in [0.25, 0.3) is 0 Å². The average molecular weight is 379 g/mol. The van der Waals surface area contributed by atoms with Gasteiger partial charge in [0.1, 0.15) is 6.54 Å². The maximum atomic E-state index is 12.0. The molecule has 1 aromatic carbocycles. The van der Waals surface area contributed by atoms with E-state index in [-0.39, 0.29) is 17.2 Å². The van der Waals surface area contributed by atoms with Gasteiger partial charge in [-0.2, -0.15) is 11.8 Å². The first-order chi connectivity index (χ1) is 10.5. The smallest absolute Gasteiger partial charge is 0.240 e. The number of nitrogens with one attached hydrogen (secondary N) is 1. The Balaban J connectivity index is 2.65. The molecule has 0 saturated heterocycles. The standard InChI is InChI=1S/C15H23ClN2O3S2/c1-15(2,3)22-10-9-17-14(19)11-18(23(4,20)21)13-7-5-12(16)6-8-13/h5-8H,9-11H2,1-4H3,(H,17,19). The third-order valence-electron chi connectivity index (χ3n) is 2.76. The van der Waals surface area contributed by atoms with Crippen molar-refractivity contribution in [2.45, 2.75) is 25.5 Å². The highest BCUT2D eigenvalue weighted by Gasteiger charge is 2.20. The van der Waals surface area contributed by atoms with Crippen molar-refractivity contribution in [1.82, 2.24) is 5.32 Å². The van der Waals surface area contributed by atoms with E-state index in [9.17, 15) is 13.2 Å². The molecule has 0 heterocycles. The van der Waals surface area contributed by atoms with Crippen LogP contribution >= 0.6 is 23.4 Å². The number of thioether (sulfide) groups is 1. The fourth-order valence-corrected chi connectivity index (χ4v) is 3.54. The van der Waals surface area contributed by atoms with E-state index in [1.807, 2.05) is 0 Å². The highest BCUT2D eigenvalue weighted by molar-refractivity contribution is 8.00. The molecule has 1 amide bonds. The molecule has 0 spiro atoms. The summed E-state index contributed by atoms with van der Waals surface area (Å²) in [7, 11) is -3.56. The molecule has 8 heteroatoms. The van der Waals surface area contributed by atoms with Crippen LogP contribution in [0.3, 0.4) is 0 Å². The van der Waals surface area contributed by atoms with Crippen molar-refractivity contribution in [3.05, 3.63) is 29.3 Å². The lowest BCUT2D eigenvalue weighted by molar-refractivity contribution is -0.119. The van der Waals surface area contributed by atoms with Gasteiger partial charge in [-0.3, -0.25) is 9.10 Å². The summed E-state index contributed by atoms with van der Waals surface area (Å²) in [4.78, 5) is 12.0. The lowest BCUT2D eigenvalue weighted by Crippen LogP contribution is -2.41. The number of hydrogen-bond donors (Lipinski definition) is 1. The van der Waals surface area contributed by atoms with E-state index >= 15 is 0 Å². The molecule has 1 rings (SSSR count). The van der Waals surface area contributed by atoms with Gasteiger partial charge >= 0.3 is 0 Å². The molecule has 5 nitrogen and oxygen atoms in total. The van der Waals surface area contributed by atoms with Crippen LogP contribution in [0.1, 0.15) is 20.8 Å². The fraction of sp³-hybridized carbons (Fsp3) is 0.533. The number of halogens is 1. The van der Waals surface area contributed by atoms with Gasteiger partial charge in [-0.15, -0.1) is 0 Å². The number of amides is 1. The quantitative estimate of drug-likeness (QED) is 0.741. The average Bonchev–Trinajstić information content (AvgIpc) is 2.40. The van der Waals surface area contributed by atoms with Crippen molar-refractivity contribution in [2.24, 2.45) is 0 Å². The molecular formula is C15H23ClN2O3S2. The predicted octanol–water partition coefficient (Wildman–Crippen LogP) is 2.75. The summed E-state index contributed by atoms with van der Waals surface area (Å²) in [5.41, 5.74) is 0.413. The summed E-state index contributed by atoms with van der Waals surface area (Å²) in [5.74, 6) is 0.439. The van der Waals surface area contributed by atoms with Gasteiger partial charge in [0, 0.05) is 22.1 Å². The Hall–Kier alpha value is -0.920. The second-order valence-corrected chi connectivity index (χ2v) is 10.3. The number of rotatable bonds is 7. The van der Waals surface area contributed by atoms with E-state index in [1.54, 1.807) is 36.0 Å². The van der Waals surface area contributed by atoms with Crippen molar-refractivity contribution in [1.29, 1.82) is 0 Å². The zero-order valence-corrected chi connectivity index (χ0v) is 16.2. The summed E-state index contributed by atoms with van der Waals surface area (Å²) < 4.78 is 25.0. The fourth-order valence-electron chi connectivity index (χ4n) is 1.74. The van der Waals surface area contributed by atoms with Gasteiger partial charge in [-0.05, 0) is 24.3 Å². The van der Waals surface area contributed by atoms with Crippen LogP contribution < -0.4 is 9.62 Å². The molecule has 0 bridgehead atoms. The largest absolute Gasteiger partial charge is 0.354 e. The molecule has 0 atom stereocenters. The van der Waals surface area contributed by atoms with Gasteiger partial charge < -0.3 is 5.32 Å². The van der Waals surface area contributed by atoms with Crippen molar-refractivity contribution >= 4 is 45.0 Å². The molecule has 23 heavy (non-hydrogen) atoms. The first-order valence-electron chi connectivity index (χ1n) is 7.13. The minimum atomic E-state index is -3.56. The van der Waals surface area contributed by atoms with Gasteiger partial charge in [-0.25, -0.2) is 8.42 Å². The molecule has 130 valence electrons. The second kappa shape index (κ2) is 8.26. The summed E-state index contributed by atoms with van der Waals surface area (Å²) in [6.45, 7) is 6.56. The lowest BCUT2D eigenvalue weighted by Gasteiger charge is -2.22. The summed E-state index contributed by atoms with van der Waals surface area (Å²) in [6, 6.07) is 6.33. The molecule has 1 aromatic rings. The summed E-state index contributed by atoms with van der Waals surface area (Å²) in [5, 5.41) is 3.25. The molecule has 0 aliphatic rings. The first-order valence-corrected chi connectivity index (χ1v) is 10.3. The molecule has 0 saturated carbocycles. The van der Waals surface area contributed by atoms with E-state index in [0.29, 0.717) is 17.3 Å². The van der Waals surface area contributed by atoms with Crippen molar-refractivity contribution < 1.29 is 13.2 Å². The third-order valence-corrected chi connectivity index (χ3v) is 5.43. The summed E-state index contributed by atoms with van der Waals surface area (Å²) >= 11 is 7.54. The molecule has 0 aliphatic heterocycles. The van der Waals surface area contributed by atoms with Gasteiger partial charge in [0.2, 0.25) is 15.9 Å². The van der Waals surface area contributed by atoms with Crippen LogP contribution in [-0.4, -0.2) is 44.2 Å². The molecule has 0 fully saturated rings. The SMILES string of the molecule is CC(C)(C)SCCNC(=O)CN(c1ccc(Cl)cc1)S(C)(=O)=O. The number of nitrogens with zero attached hydrogens (tertiary/aromatic N) is 1. The Bertz CT molecular complexity index is 625. The number of carbonyl (C=O) groups is 1. The van der Waals surface area contributed by atoms with Crippen molar-refractivity contribution in [3.63, 3.8) is 0 Å². The highest BCUT2D eigenvalue weighted by atomic mass is 35.5. The van der Waals surface area contributed by atoms with Crippen molar-refractivity contribution in [3.8, 4) is 0 Å². The molecule has 0 aromatic heterocycles. The topological polar surface area (TPSA) is 66.5 Å². The van der Waals surface area contributed by atoms with E-state index in [1.165, 1.54) is 0 Å². The highest BCUT2D eigenvalue weighted by Crippen LogP contribution is 2.22. The molecular weight excluding hydrogens is 356 g/mol. The maximum absolute atomic E-state index is 12.0. The van der Waals surface area contributed by atoms with E-state index < -0.39 is 10.0 Å². The Labute approximate surface area is 147 Å². The molecule has 0 aliphatic carbocycles. The predicted molar refractivity (Wildman–Crippen MR) is 98.9 cm³/mol. The Morgan fingerprint density at radius 2 is 1.83 bits per heavy atom. The van der Waals surface area contributed by atoms with Crippen LogP contribution in [0.25, 0.3) is 0 Å².